The number of anilines is 1. The summed E-state index contributed by atoms with van der Waals surface area (Å²) < 4.78 is 26.7. The second kappa shape index (κ2) is 5.94. The first-order valence-corrected chi connectivity index (χ1v) is 7.58. The van der Waals surface area contributed by atoms with Crippen molar-refractivity contribution in [3.63, 3.8) is 0 Å². The predicted molar refractivity (Wildman–Crippen MR) is 95.3 cm³/mol. The van der Waals surface area contributed by atoms with Gasteiger partial charge in [-0.05, 0) is 42.0 Å². The summed E-state index contributed by atoms with van der Waals surface area (Å²) in [7, 11) is 0. The largest absolute Gasteiger partial charge is 0.367 e. The zero-order valence-corrected chi connectivity index (χ0v) is 13.0. The Morgan fingerprint density at radius 2 is 2.08 bits per heavy atom. The van der Waals surface area contributed by atoms with Crippen molar-refractivity contribution in [3.8, 4) is 11.1 Å². The number of rotatable bonds is 3. The maximum Gasteiger partial charge on any atom is 0.257 e. The van der Waals surface area contributed by atoms with Gasteiger partial charge in [-0.15, -0.1) is 5.10 Å². The van der Waals surface area contributed by atoms with E-state index < -0.39 is 6.43 Å². The van der Waals surface area contributed by atoms with E-state index in [2.05, 4.69) is 15.1 Å². The maximum absolute atomic E-state index is 12.6. The third-order valence-corrected chi connectivity index (χ3v) is 3.87. The van der Waals surface area contributed by atoms with Crippen molar-refractivity contribution in [2.75, 3.05) is 5.73 Å². The number of aromatic nitrogens is 4. The van der Waals surface area contributed by atoms with E-state index in [1.54, 1.807) is 16.9 Å². The van der Waals surface area contributed by atoms with Crippen molar-refractivity contribution in [2.45, 2.75) is 6.43 Å². The molecule has 0 aliphatic heterocycles. The SMILES string of the molecule is Nc1nc(/C=C\C(F)F)c2c(-c3ccc4ncccc4c3)ccn2n1.[HH]. The van der Waals surface area contributed by atoms with Gasteiger partial charge < -0.3 is 5.73 Å². The fourth-order valence-electron chi connectivity index (χ4n) is 2.83. The highest BCUT2D eigenvalue weighted by atomic mass is 19.3. The molecule has 2 N–H and O–H groups in total. The molecule has 0 saturated carbocycles. The second-order valence-electron chi connectivity index (χ2n) is 5.48. The summed E-state index contributed by atoms with van der Waals surface area (Å²) in [6, 6.07) is 11.5. The molecule has 5 nitrogen and oxygen atoms in total. The van der Waals surface area contributed by atoms with E-state index in [1.807, 2.05) is 36.4 Å². The lowest BCUT2D eigenvalue weighted by Gasteiger charge is -2.06. The number of nitrogen functional groups attached to an aromatic ring is 1. The van der Waals surface area contributed by atoms with Gasteiger partial charge in [0, 0.05) is 24.8 Å². The fraction of sp³-hybridized carbons (Fsp3) is 0.0556. The minimum absolute atomic E-state index is 0. The topological polar surface area (TPSA) is 69.1 Å². The molecule has 3 aromatic heterocycles. The van der Waals surface area contributed by atoms with Crippen LogP contribution in [0.15, 0.2) is 54.9 Å². The van der Waals surface area contributed by atoms with E-state index in [9.17, 15) is 8.78 Å². The van der Waals surface area contributed by atoms with Crippen LogP contribution in [0.3, 0.4) is 0 Å². The molecule has 4 aromatic rings. The van der Waals surface area contributed by atoms with Crippen molar-refractivity contribution in [1.82, 2.24) is 19.6 Å². The Bertz CT molecular complexity index is 1110. The minimum Gasteiger partial charge on any atom is -0.367 e. The van der Waals surface area contributed by atoms with Crippen molar-refractivity contribution in [1.29, 1.82) is 0 Å². The number of halogens is 2. The molecule has 0 unspecified atom stereocenters. The van der Waals surface area contributed by atoms with Crippen molar-refractivity contribution < 1.29 is 10.2 Å². The number of fused-ring (bicyclic) bond motifs is 2. The molecule has 0 saturated heterocycles. The first-order valence-electron chi connectivity index (χ1n) is 7.58. The molecular weight excluding hydrogens is 324 g/mol. The van der Waals surface area contributed by atoms with Gasteiger partial charge in [-0.2, -0.15) is 0 Å². The van der Waals surface area contributed by atoms with Gasteiger partial charge in [0.2, 0.25) is 5.95 Å². The molecule has 0 fully saturated rings. The quantitative estimate of drug-likeness (QED) is 0.611. The van der Waals surface area contributed by atoms with Crippen LogP contribution in [0.25, 0.3) is 33.6 Å². The summed E-state index contributed by atoms with van der Waals surface area (Å²) >= 11 is 0. The molecule has 0 amide bonds. The number of nitrogens with two attached hydrogens (primary N) is 1. The summed E-state index contributed by atoms with van der Waals surface area (Å²) in [6.07, 6.45) is 2.95. The van der Waals surface area contributed by atoms with Crippen molar-refractivity contribution in [3.05, 3.63) is 60.6 Å². The molecule has 0 atom stereocenters. The van der Waals surface area contributed by atoms with Crippen LogP contribution in [0, 0.1) is 0 Å². The highest BCUT2D eigenvalue weighted by molar-refractivity contribution is 5.91. The first kappa shape index (κ1) is 15.2. The third-order valence-electron chi connectivity index (χ3n) is 3.87. The number of nitrogens with zero attached hydrogens (tertiary/aromatic N) is 4. The molecule has 0 bridgehead atoms. The van der Waals surface area contributed by atoms with Gasteiger partial charge >= 0.3 is 0 Å². The Labute approximate surface area is 142 Å². The summed E-state index contributed by atoms with van der Waals surface area (Å²) in [5.41, 5.74) is 9.28. The highest BCUT2D eigenvalue weighted by Crippen LogP contribution is 2.30. The lowest BCUT2D eigenvalue weighted by atomic mass is 10.0. The molecular formula is C18H15F2N5. The first-order chi connectivity index (χ1) is 12.1. The Balaban J connectivity index is 0.00000196. The van der Waals surface area contributed by atoms with Crippen LogP contribution in [0.2, 0.25) is 0 Å². The molecule has 0 aliphatic rings. The second-order valence-corrected chi connectivity index (χ2v) is 5.48. The molecule has 7 heteroatoms. The van der Waals surface area contributed by atoms with Crippen LogP contribution < -0.4 is 5.73 Å². The van der Waals surface area contributed by atoms with Crippen LogP contribution >= 0.6 is 0 Å². The average Bonchev–Trinajstić information content (AvgIpc) is 3.03. The zero-order chi connectivity index (χ0) is 17.4. The van der Waals surface area contributed by atoms with Crippen LogP contribution in [0.4, 0.5) is 14.7 Å². The molecule has 3 heterocycles. The molecule has 126 valence electrons. The number of hydrogen-bond donors (Lipinski definition) is 1. The van der Waals surface area contributed by atoms with Gasteiger partial charge in [-0.25, -0.2) is 18.3 Å². The standard InChI is InChI=1S/C18H13F2N5.H2/c19-16(20)6-5-15-17-13(7-9-25(17)24-18(21)23-15)11-3-4-14-12(10-11)2-1-8-22-14;/h1-10,16H,(H2,21,24);1H/b6-5-;. The molecule has 4 rings (SSSR count). The zero-order valence-electron chi connectivity index (χ0n) is 13.0. The minimum atomic E-state index is -2.57. The van der Waals surface area contributed by atoms with Crippen molar-refractivity contribution in [2.24, 2.45) is 0 Å². The van der Waals surface area contributed by atoms with Gasteiger partial charge in [0.15, 0.2) is 0 Å². The monoisotopic (exact) mass is 339 g/mol. The van der Waals surface area contributed by atoms with Crippen molar-refractivity contribution >= 4 is 28.4 Å². The summed E-state index contributed by atoms with van der Waals surface area (Å²) in [5, 5.41) is 5.11. The summed E-state index contributed by atoms with van der Waals surface area (Å²) in [6.45, 7) is 0. The highest BCUT2D eigenvalue weighted by Gasteiger charge is 2.13. The van der Waals surface area contributed by atoms with Gasteiger partial charge in [0.05, 0.1) is 16.7 Å². The smallest absolute Gasteiger partial charge is 0.257 e. The van der Waals surface area contributed by atoms with E-state index in [4.69, 9.17) is 5.73 Å². The van der Waals surface area contributed by atoms with E-state index in [-0.39, 0.29) is 7.37 Å². The number of hydrogen-bond acceptors (Lipinski definition) is 4. The fourth-order valence-corrected chi connectivity index (χ4v) is 2.83. The van der Waals surface area contributed by atoms with Gasteiger partial charge in [-0.1, -0.05) is 12.1 Å². The van der Waals surface area contributed by atoms with E-state index >= 15 is 0 Å². The molecule has 25 heavy (non-hydrogen) atoms. The normalized spacial score (nSPS) is 12.0. The Hall–Kier alpha value is -3.35. The summed E-state index contributed by atoms with van der Waals surface area (Å²) in [5.74, 6) is 0.0197. The maximum atomic E-state index is 12.6. The third kappa shape index (κ3) is 2.80. The Morgan fingerprint density at radius 1 is 1.20 bits per heavy atom. The van der Waals surface area contributed by atoms with Gasteiger partial charge in [-0.3, -0.25) is 4.98 Å². The number of allylic oxidation sites excluding steroid dienone is 1. The van der Waals surface area contributed by atoms with Gasteiger partial charge in [0.25, 0.3) is 6.43 Å². The van der Waals surface area contributed by atoms with Gasteiger partial charge in [0.1, 0.15) is 0 Å². The van der Waals surface area contributed by atoms with Crippen LogP contribution in [-0.2, 0) is 0 Å². The van der Waals surface area contributed by atoms with E-state index in [0.717, 1.165) is 28.1 Å². The predicted octanol–water partition coefficient (Wildman–Crippen LogP) is 4.05. The van der Waals surface area contributed by atoms with Crippen LogP contribution in [0.1, 0.15) is 7.12 Å². The number of benzene rings is 1. The average molecular weight is 339 g/mol. The molecule has 1 aromatic carbocycles. The lowest BCUT2D eigenvalue weighted by Crippen LogP contribution is -2.03. The molecule has 0 spiro atoms. The number of alkyl halides is 2. The Kier molecular flexibility index (Phi) is 3.61. The molecule has 0 aliphatic carbocycles. The summed E-state index contributed by atoms with van der Waals surface area (Å²) in [4.78, 5) is 8.41. The lowest BCUT2D eigenvalue weighted by molar-refractivity contribution is 0.205. The number of pyridine rings is 1. The van der Waals surface area contributed by atoms with Crippen LogP contribution in [-0.4, -0.2) is 26.0 Å². The molecule has 0 radical (unpaired) electrons. The van der Waals surface area contributed by atoms with E-state index in [1.165, 1.54) is 6.08 Å². The Morgan fingerprint density at radius 3 is 2.92 bits per heavy atom. The van der Waals surface area contributed by atoms with Crippen LogP contribution in [0.5, 0.6) is 0 Å². The van der Waals surface area contributed by atoms with E-state index in [0.29, 0.717) is 11.2 Å².